The van der Waals surface area contributed by atoms with E-state index < -0.39 is 0 Å². The third-order valence-electron chi connectivity index (χ3n) is 3.88. The minimum absolute atomic E-state index is 0.286. The molecule has 3 heteroatoms. The van der Waals surface area contributed by atoms with Crippen molar-refractivity contribution in [2.24, 2.45) is 5.41 Å². The molecule has 1 nitrogen and oxygen atoms in total. The lowest BCUT2D eigenvalue weighted by Gasteiger charge is -2.37. The second-order valence-corrected chi connectivity index (χ2v) is 8.27. The molecule has 0 aromatic heterocycles. The predicted octanol–water partition coefficient (Wildman–Crippen LogP) is 3.91. The minimum Gasteiger partial charge on any atom is -0.497 e. The SMILES string of the molecule is COc1ccc2c(c1)CC(C)(C)C21SCCS1. The Hall–Kier alpha value is -0.280. The molecule has 2 aliphatic rings. The quantitative estimate of drug-likeness (QED) is 0.762. The lowest BCUT2D eigenvalue weighted by atomic mass is 9.89. The average molecular weight is 266 g/mol. The van der Waals surface area contributed by atoms with Gasteiger partial charge in [-0.1, -0.05) is 19.9 Å². The van der Waals surface area contributed by atoms with Crippen LogP contribution < -0.4 is 4.74 Å². The molecule has 0 radical (unpaired) electrons. The van der Waals surface area contributed by atoms with Gasteiger partial charge in [-0.05, 0) is 35.1 Å². The summed E-state index contributed by atoms with van der Waals surface area (Å²) in [5, 5.41) is 0. The average Bonchev–Trinajstić information content (AvgIpc) is 2.85. The van der Waals surface area contributed by atoms with Gasteiger partial charge in [-0.2, -0.15) is 0 Å². The van der Waals surface area contributed by atoms with E-state index in [0.29, 0.717) is 5.41 Å². The summed E-state index contributed by atoms with van der Waals surface area (Å²) in [5.74, 6) is 3.55. The highest BCUT2D eigenvalue weighted by molar-refractivity contribution is 8.20. The van der Waals surface area contributed by atoms with Crippen molar-refractivity contribution in [3.8, 4) is 5.75 Å². The maximum atomic E-state index is 5.35. The Balaban J connectivity index is 2.13. The van der Waals surface area contributed by atoms with Crippen LogP contribution in [0.2, 0.25) is 0 Å². The number of methoxy groups -OCH3 is 1. The monoisotopic (exact) mass is 266 g/mol. The highest BCUT2D eigenvalue weighted by atomic mass is 32.2. The van der Waals surface area contributed by atoms with Crippen LogP contribution in [0, 0.1) is 5.41 Å². The van der Waals surface area contributed by atoms with Crippen LogP contribution in [0.5, 0.6) is 5.75 Å². The number of benzene rings is 1. The number of rotatable bonds is 1. The largest absolute Gasteiger partial charge is 0.497 e. The van der Waals surface area contributed by atoms with Gasteiger partial charge >= 0.3 is 0 Å². The molecule has 1 aromatic carbocycles. The van der Waals surface area contributed by atoms with Gasteiger partial charge in [0.05, 0.1) is 11.2 Å². The van der Waals surface area contributed by atoms with Crippen molar-refractivity contribution >= 4 is 23.5 Å². The van der Waals surface area contributed by atoms with Gasteiger partial charge in [0.2, 0.25) is 0 Å². The van der Waals surface area contributed by atoms with Crippen molar-refractivity contribution in [1.29, 1.82) is 0 Å². The molecule has 0 N–H and O–H groups in total. The van der Waals surface area contributed by atoms with E-state index in [1.807, 2.05) is 0 Å². The van der Waals surface area contributed by atoms with Gasteiger partial charge in [0.25, 0.3) is 0 Å². The Morgan fingerprint density at radius 1 is 1.18 bits per heavy atom. The standard InChI is InChI=1S/C14H18OS2/c1-13(2)9-10-8-11(15-3)4-5-12(10)14(13)16-6-7-17-14/h4-5,8H,6-7,9H2,1-3H3. The van der Waals surface area contributed by atoms with Crippen molar-refractivity contribution < 1.29 is 4.74 Å². The Kier molecular flexibility index (Phi) is 2.67. The molecule has 1 heterocycles. The smallest absolute Gasteiger partial charge is 0.119 e. The molecule has 0 atom stereocenters. The van der Waals surface area contributed by atoms with E-state index in [1.54, 1.807) is 7.11 Å². The van der Waals surface area contributed by atoms with Crippen LogP contribution in [0.25, 0.3) is 0 Å². The molecule has 0 amide bonds. The lowest BCUT2D eigenvalue weighted by molar-refractivity contribution is 0.361. The number of hydrogen-bond donors (Lipinski definition) is 0. The van der Waals surface area contributed by atoms with E-state index in [2.05, 4.69) is 55.6 Å². The minimum atomic E-state index is 0.286. The predicted molar refractivity (Wildman–Crippen MR) is 77.1 cm³/mol. The van der Waals surface area contributed by atoms with Gasteiger partial charge in [-0.25, -0.2) is 0 Å². The highest BCUT2D eigenvalue weighted by Crippen LogP contribution is 2.67. The van der Waals surface area contributed by atoms with Gasteiger partial charge in [-0.3, -0.25) is 0 Å². The summed E-state index contributed by atoms with van der Waals surface area (Å²) in [5.41, 5.74) is 3.36. The topological polar surface area (TPSA) is 9.23 Å². The normalized spacial score (nSPS) is 23.9. The third kappa shape index (κ3) is 1.55. The second kappa shape index (κ2) is 3.86. The summed E-state index contributed by atoms with van der Waals surface area (Å²) >= 11 is 4.28. The van der Waals surface area contributed by atoms with Crippen LogP contribution in [-0.4, -0.2) is 18.6 Å². The zero-order valence-electron chi connectivity index (χ0n) is 10.6. The molecular formula is C14H18OS2. The molecule has 1 aromatic rings. The first-order chi connectivity index (χ1) is 8.09. The van der Waals surface area contributed by atoms with E-state index in [4.69, 9.17) is 4.74 Å². The Labute approximate surface area is 112 Å². The summed E-state index contributed by atoms with van der Waals surface area (Å²) in [6.07, 6.45) is 1.17. The molecule has 17 heavy (non-hydrogen) atoms. The fourth-order valence-corrected chi connectivity index (χ4v) is 6.79. The Morgan fingerprint density at radius 2 is 1.88 bits per heavy atom. The molecule has 92 valence electrons. The summed E-state index contributed by atoms with van der Waals surface area (Å²) in [7, 11) is 1.75. The van der Waals surface area contributed by atoms with E-state index in [1.165, 1.54) is 29.1 Å². The fourth-order valence-electron chi connectivity index (χ4n) is 3.08. The van der Waals surface area contributed by atoms with Crippen LogP contribution in [0.3, 0.4) is 0 Å². The molecule has 1 saturated heterocycles. The van der Waals surface area contributed by atoms with Crippen LogP contribution in [0.1, 0.15) is 25.0 Å². The number of fused-ring (bicyclic) bond motifs is 2. The molecule has 3 rings (SSSR count). The lowest BCUT2D eigenvalue weighted by Crippen LogP contribution is -2.30. The Bertz CT molecular complexity index is 448. The van der Waals surface area contributed by atoms with Crippen molar-refractivity contribution in [1.82, 2.24) is 0 Å². The summed E-state index contributed by atoms with van der Waals surface area (Å²) in [6, 6.07) is 6.63. The molecular weight excluding hydrogens is 248 g/mol. The van der Waals surface area contributed by atoms with E-state index in [9.17, 15) is 0 Å². The van der Waals surface area contributed by atoms with Crippen molar-refractivity contribution in [3.05, 3.63) is 29.3 Å². The zero-order valence-corrected chi connectivity index (χ0v) is 12.2. The first kappa shape index (κ1) is 11.8. The fraction of sp³-hybridized carbons (Fsp3) is 0.571. The number of thioether (sulfide) groups is 2. The third-order valence-corrected chi connectivity index (χ3v) is 8.02. The molecule has 1 aliphatic carbocycles. The van der Waals surface area contributed by atoms with E-state index in [0.717, 1.165) is 5.75 Å². The second-order valence-electron chi connectivity index (χ2n) is 5.40. The maximum absolute atomic E-state index is 5.35. The van der Waals surface area contributed by atoms with Crippen LogP contribution in [0.15, 0.2) is 18.2 Å². The molecule has 0 unspecified atom stereocenters. The van der Waals surface area contributed by atoms with Gasteiger partial charge in [0.15, 0.2) is 0 Å². The van der Waals surface area contributed by atoms with E-state index >= 15 is 0 Å². The highest BCUT2D eigenvalue weighted by Gasteiger charge is 2.55. The molecule has 1 aliphatic heterocycles. The van der Waals surface area contributed by atoms with Gasteiger partial charge in [-0.15, -0.1) is 23.5 Å². The number of ether oxygens (including phenoxy) is 1. The summed E-state index contributed by atoms with van der Waals surface area (Å²) in [4.78, 5) is 0. The first-order valence-electron chi connectivity index (χ1n) is 6.04. The van der Waals surface area contributed by atoms with Crippen LogP contribution in [-0.2, 0) is 10.5 Å². The molecule has 1 fully saturated rings. The van der Waals surface area contributed by atoms with Crippen LogP contribution in [0.4, 0.5) is 0 Å². The van der Waals surface area contributed by atoms with Crippen molar-refractivity contribution in [3.63, 3.8) is 0 Å². The zero-order chi connectivity index (χ0) is 12.1. The molecule has 1 spiro atoms. The van der Waals surface area contributed by atoms with E-state index in [-0.39, 0.29) is 4.08 Å². The maximum Gasteiger partial charge on any atom is 0.119 e. The van der Waals surface area contributed by atoms with Crippen molar-refractivity contribution in [2.75, 3.05) is 18.6 Å². The molecule has 0 bridgehead atoms. The van der Waals surface area contributed by atoms with Crippen LogP contribution >= 0.6 is 23.5 Å². The summed E-state index contributed by atoms with van der Waals surface area (Å²) in [6.45, 7) is 4.82. The van der Waals surface area contributed by atoms with Gasteiger partial charge < -0.3 is 4.74 Å². The Morgan fingerprint density at radius 3 is 2.53 bits per heavy atom. The first-order valence-corrected chi connectivity index (χ1v) is 8.01. The molecule has 0 saturated carbocycles. The van der Waals surface area contributed by atoms with Gasteiger partial charge in [0, 0.05) is 11.5 Å². The van der Waals surface area contributed by atoms with Gasteiger partial charge in [0.1, 0.15) is 5.75 Å². The van der Waals surface area contributed by atoms with Crippen molar-refractivity contribution in [2.45, 2.75) is 24.3 Å². The number of hydrogen-bond acceptors (Lipinski definition) is 3. The summed E-state index contributed by atoms with van der Waals surface area (Å²) < 4.78 is 5.63.